The number of hydrogen-bond acceptors (Lipinski definition) is 5. The van der Waals surface area contributed by atoms with Crippen molar-refractivity contribution in [3.8, 4) is 0 Å². The number of carbonyl (C=O) groups excluding carboxylic acids is 2. The van der Waals surface area contributed by atoms with Crippen LogP contribution in [0.1, 0.15) is 49.3 Å². The molecule has 0 atom stereocenters. The van der Waals surface area contributed by atoms with E-state index in [0.29, 0.717) is 43.1 Å². The number of sulfonamides is 1. The average molecular weight is 577 g/mol. The Balaban J connectivity index is 1.40. The smallest absolute Gasteiger partial charge is 0.258 e. The van der Waals surface area contributed by atoms with Crippen LogP contribution in [-0.2, 0) is 37.3 Å². The summed E-state index contributed by atoms with van der Waals surface area (Å²) in [6, 6.07) is 11.2. The minimum atomic E-state index is -3.73. The number of amides is 2. The Hall–Kier alpha value is -3.47. The normalized spacial score (nSPS) is 19.4. The lowest BCUT2D eigenvalue weighted by Crippen LogP contribution is -2.40. The molecule has 2 amide bonds. The van der Waals surface area contributed by atoms with E-state index >= 15 is 0 Å². The number of likely N-dealkylation sites (N-methyl/N-ethyl adjacent to an activating group) is 1. The fraction of sp³-hybridized carbons (Fsp3) is 0.419. The Labute approximate surface area is 240 Å². The zero-order valence-electron chi connectivity index (χ0n) is 23.6. The molecule has 1 aromatic heterocycles. The number of morpholine rings is 1. The van der Waals surface area contributed by atoms with Gasteiger partial charge in [0.05, 0.1) is 29.3 Å². The number of hydrogen-bond donors (Lipinski definition) is 1. The molecule has 0 bridgehead atoms. The van der Waals surface area contributed by atoms with E-state index < -0.39 is 10.0 Å². The van der Waals surface area contributed by atoms with E-state index in [0.717, 1.165) is 54.1 Å². The number of fused-ring (bicyclic) bond motifs is 2. The second-order valence-corrected chi connectivity index (χ2v) is 13.0. The van der Waals surface area contributed by atoms with Gasteiger partial charge in [0.25, 0.3) is 5.91 Å². The number of aromatic nitrogens is 1. The van der Waals surface area contributed by atoms with Crippen LogP contribution in [0.2, 0.25) is 0 Å². The Morgan fingerprint density at radius 3 is 2.61 bits per heavy atom. The van der Waals surface area contributed by atoms with Gasteiger partial charge in [-0.15, -0.1) is 0 Å². The Kier molecular flexibility index (Phi) is 7.48. The zero-order valence-corrected chi connectivity index (χ0v) is 24.4. The maximum atomic E-state index is 13.5. The first kappa shape index (κ1) is 27.7. The number of rotatable bonds is 7. The summed E-state index contributed by atoms with van der Waals surface area (Å²) in [5.74, 6) is -0.216. The van der Waals surface area contributed by atoms with Crippen LogP contribution in [-0.4, -0.2) is 68.5 Å². The van der Waals surface area contributed by atoms with Crippen LogP contribution in [0.4, 0.5) is 5.69 Å². The number of nitrogens with zero attached hydrogens (tertiary/aromatic N) is 3. The van der Waals surface area contributed by atoms with Crippen LogP contribution in [0.25, 0.3) is 22.6 Å². The summed E-state index contributed by atoms with van der Waals surface area (Å²) in [5.41, 5.74) is 4.59. The molecule has 10 heteroatoms. The molecule has 1 saturated carbocycles. The molecule has 41 heavy (non-hydrogen) atoms. The predicted molar refractivity (Wildman–Crippen MR) is 159 cm³/mol. The van der Waals surface area contributed by atoms with E-state index in [2.05, 4.69) is 18.3 Å². The molecular formula is C31H36N4O5S. The highest BCUT2D eigenvalue weighted by Gasteiger charge is 2.33. The van der Waals surface area contributed by atoms with Crippen molar-refractivity contribution in [3.05, 3.63) is 59.3 Å². The van der Waals surface area contributed by atoms with Gasteiger partial charge >= 0.3 is 0 Å². The van der Waals surface area contributed by atoms with Gasteiger partial charge < -0.3 is 19.5 Å². The maximum absolute atomic E-state index is 13.5. The highest BCUT2D eigenvalue weighted by Crippen LogP contribution is 2.40. The molecule has 3 aliphatic rings. The molecule has 0 spiro atoms. The largest absolute Gasteiger partial charge is 0.379 e. The number of carbonyl (C=O) groups is 2. The second-order valence-electron chi connectivity index (χ2n) is 11.0. The molecule has 2 fully saturated rings. The number of benzene rings is 2. The molecular weight excluding hydrogens is 540 g/mol. The van der Waals surface area contributed by atoms with Crippen molar-refractivity contribution < 1.29 is 22.7 Å². The van der Waals surface area contributed by atoms with Gasteiger partial charge in [0, 0.05) is 54.5 Å². The predicted octanol–water partition coefficient (Wildman–Crippen LogP) is 3.80. The standard InChI is InChI=1S/C31H36N4O5S/c1-3-21-7-6-10-25-22(19-34(30(21)25)20-29(36)32-23-8-4-5-9-23)17-27-26-18-24(11-12-28(26)33(2)31(27)37)41(38,39)35-13-15-40-16-14-35/h6-7,10-12,17-19,23H,3-5,8-9,13-16,20H2,1-2H3,(H,32,36)/b27-17-. The van der Waals surface area contributed by atoms with E-state index in [1.807, 2.05) is 29.0 Å². The molecule has 1 aliphatic carbocycles. The summed E-state index contributed by atoms with van der Waals surface area (Å²) in [6.45, 7) is 3.60. The Morgan fingerprint density at radius 2 is 1.88 bits per heavy atom. The summed E-state index contributed by atoms with van der Waals surface area (Å²) in [4.78, 5) is 28.2. The van der Waals surface area contributed by atoms with Gasteiger partial charge in [-0.05, 0) is 49.1 Å². The van der Waals surface area contributed by atoms with Crippen molar-refractivity contribution in [2.24, 2.45) is 0 Å². The fourth-order valence-electron chi connectivity index (χ4n) is 6.31. The lowest BCUT2D eigenvalue weighted by Gasteiger charge is -2.26. The van der Waals surface area contributed by atoms with Crippen molar-refractivity contribution in [1.29, 1.82) is 0 Å². The van der Waals surface area contributed by atoms with Gasteiger partial charge in [0.15, 0.2) is 0 Å². The van der Waals surface area contributed by atoms with Crippen LogP contribution >= 0.6 is 0 Å². The molecule has 1 N–H and O–H groups in total. The molecule has 3 heterocycles. The van der Waals surface area contributed by atoms with Crippen LogP contribution in [0.15, 0.2) is 47.5 Å². The van der Waals surface area contributed by atoms with Gasteiger partial charge in [-0.1, -0.05) is 38.0 Å². The van der Waals surface area contributed by atoms with Gasteiger partial charge in [-0.2, -0.15) is 4.31 Å². The Bertz CT molecular complexity index is 1650. The third-order valence-electron chi connectivity index (χ3n) is 8.49. The van der Waals surface area contributed by atoms with Crippen molar-refractivity contribution in [2.45, 2.75) is 56.5 Å². The first-order chi connectivity index (χ1) is 19.8. The summed E-state index contributed by atoms with van der Waals surface area (Å²) in [5, 5.41) is 4.13. The third-order valence-corrected chi connectivity index (χ3v) is 10.4. The number of nitrogens with one attached hydrogen (secondary N) is 1. The molecule has 216 valence electrons. The first-order valence-electron chi connectivity index (χ1n) is 14.4. The minimum Gasteiger partial charge on any atom is -0.379 e. The van der Waals surface area contributed by atoms with Crippen LogP contribution in [0.3, 0.4) is 0 Å². The van der Waals surface area contributed by atoms with Gasteiger partial charge in [0.2, 0.25) is 15.9 Å². The van der Waals surface area contributed by atoms with E-state index in [1.54, 1.807) is 30.1 Å². The van der Waals surface area contributed by atoms with Crippen LogP contribution in [0.5, 0.6) is 0 Å². The van der Waals surface area contributed by atoms with Gasteiger partial charge in [0.1, 0.15) is 6.54 Å². The molecule has 0 unspecified atom stereocenters. The number of ether oxygens (including phenoxy) is 1. The molecule has 6 rings (SSSR count). The number of anilines is 1. The topological polar surface area (TPSA) is 101 Å². The number of para-hydroxylation sites is 1. The molecule has 3 aromatic rings. The summed E-state index contributed by atoms with van der Waals surface area (Å²) in [6.07, 6.45) is 8.91. The maximum Gasteiger partial charge on any atom is 0.258 e. The highest BCUT2D eigenvalue weighted by atomic mass is 32.2. The van der Waals surface area contributed by atoms with Crippen molar-refractivity contribution in [3.63, 3.8) is 0 Å². The van der Waals surface area contributed by atoms with E-state index in [1.165, 1.54) is 4.31 Å². The molecule has 9 nitrogen and oxygen atoms in total. The van der Waals surface area contributed by atoms with E-state index in [4.69, 9.17) is 4.74 Å². The summed E-state index contributed by atoms with van der Waals surface area (Å²) in [7, 11) is -2.03. The lowest BCUT2D eigenvalue weighted by atomic mass is 10.0. The first-order valence-corrected chi connectivity index (χ1v) is 15.8. The second kappa shape index (κ2) is 11.1. The van der Waals surface area contributed by atoms with Crippen molar-refractivity contribution in [2.75, 3.05) is 38.3 Å². The quantitative estimate of drug-likeness (QED) is 0.432. The summed E-state index contributed by atoms with van der Waals surface area (Å²) < 4.78 is 35.5. The minimum absolute atomic E-state index is 0.0149. The molecule has 1 saturated heterocycles. The summed E-state index contributed by atoms with van der Waals surface area (Å²) >= 11 is 0. The number of aryl methyl sites for hydroxylation is 1. The fourth-order valence-corrected chi connectivity index (χ4v) is 7.74. The van der Waals surface area contributed by atoms with Gasteiger partial charge in [-0.25, -0.2) is 8.42 Å². The SMILES string of the molecule is CCc1cccc2c(/C=C3\C(=O)N(C)c4ccc(S(=O)(=O)N5CCOCC5)cc43)cn(CC(=O)NC3CCCC3)c12. The van der Waals surface area contributed by atoms with Crippen LogP contribution < -0.4 is 10.2 Å². The van der Waals surface area contributed by atoms with E-state index in [-0.39, 0.29) is 29.3 Å². The monoisotopic (exact) mass is 576 g/mol. The van der Waals surface area contributed by atoms with Crippen molar-refractivity contribution >= 4 is 50.1 Å². The van der Waals surface area contributed by atoms with Gasteiger partial charge in [-0.3, -0.25) is 9.59 Å². The molecule has 0 radical (unpaired) electrons. The van der Waals surface area contributed by atoms with Crippen LogP contribution in [0, 0.1) is 0 Å². The molecule has 2 aliphatic heterocycles. The third kappa shape index (κ3) is 5.09. The van der Waals surface area contributed by atoms with Crippen molar-refractivity contribution in [1.82, 2.24) is 14.2 Å². The highest BCUT2D eigenvalue weighted by molar-refractivity contribution is 7.89. The Morgan fingerprint density at radius 1 is 1.12 bits per heavy atom. The zero-order chi connectivity index (χ0) is 28.7. The lowest BCUT2D eigenvalue weighted by molar-refractivity contribution is -0.122. The molecule has 2 aromatic carbocycles. The average Bonchev–Trinajstić information content (AvgIpc) is 3.68. The van der Waals surface area contributed by atoms with E-state index in [9.17, 15) is 18.0 Å².